The summed E-state index contributed by atoms with van der Waals surface area (Å²) < 4.78 is 41.1. The van der Waals surface area contributed by atoms with Gasteiger partial charge < -0.3 is 11.5 Å². The number of fused-ring (bicyclic) bond motifs is 1. The zero-order valence-corrected chi connectivity index (χ0v) is 46.7. The number of aromatic nitrogens is 2. The average molecular weight is 1180 g/mol. The van der Waals surface area contributed by atoms with Gasteiger partial charge in [0.05, 0.1) is 22.8 Å². The molecular formula is C59H51ClF3IN4O5Zn. The van der Waals surface area contributed by atoms with Crippen molar-refractivity contribution in [3.8, 4) is 0 Å². The van der Waals surface area contributed by atoms with Crippen molar-refractivity contribution in [3.63, 3.8) is 0 Å². The molecule has 8 aromatic carbocycles. The van der Waals surface area contributed by atoms with Crippen LogP contribution in [-0.4, -0.2) is 21.9 Å². The molecule has 9 aromatic rings. The van der Waals surface area contributed by atoms with Crippen molar-refractivity contribution in [2.75, 3.05) is 11.5 Å². The van der Waals surface area contributed by atoms with Gasteiger partial charge in [0, 0.05) is 14.9 Å². The van der Waals surface area contributed by atoms with Gasteiger partial charge in [-0.25, -0.2) is 18.2 Å². The second kappa shape index (κ2) is 32.6. The van der Waals surface area contributed by atoms with Gasteiger partial charge in [0.25, 0.3) is 5.56 Å². The predicted molar refractivity (Wildman–Crippen MR) is 290 cm³/mol. The van der Waals surface area contributed by atoms with E-state index in [2.05, 4.69) is 41.6 Å². The summed E-state index contributed by atoms with van der Waals surface area (Å²) in [5.41, 5.74) is 23.0. The molecule has 15 heteroatoms. The summed E-state index contributed by atoms with van der Waals surface area (Å²) in [6.07, 6.45) is 1.92. The van der Waals surface area contributed by atoms with Crippen molar-refractivity contribution in [1.29, 1.82) is 0 Å². The zero-order valence-electron chi connectivity index (χ0n) is 40.8. The molecule has 0 spiro atoms. The normalized spacial score (nSPS) is 9.72. The van der Waals surface area contributed by atoms with Gasteiger partial charge in [-0.3, -0.25) is 9.36 Å². The maximum absolute atomic E-state index is 13.9. The fourth-order valence-corrected chi connectivity index (χ4v) is 7.83. The quantitative estimate of drug-likeness (QED) is 0.0692. The first-order valence-electron chi connectivity index (χ1n) is 22.4. The van der Waals surface area contributed by atoms with Crippen molar-refractivity contribution in [1.82, 2.24) is 9.55 Å². The summed E-state index contributed by atoms with van der Waals surface area (Å²) in [4.78, 5) is 51.1. The Morgan fingerprint density at radius 3 is 1.35 bits per heavy atom. The summed E-state index contributed by atoms with van der Waals surface area (Å²) in [5.74, 6) is -0.00110. The van der Waals surface area contributed by atoms with Gasteiger partial charge in [0.1, 0.15) is 17.5 Å². The van der Waals surface area contributed by atoms with Crippen LogP contribution in [0.25, 0.3) is 10.9 Å². The van der Waals surface area contributed by atoms with Crippen molar-refractivity contribution < 1.29 is 49.7 Å². The van der Waals surface area contributed by atoms with Crippen molar-refractivity contribution in [2.24, 2.45) is 0 Å². The van der Waals surface area contributed by atoms with Crippen LogP contribution in [0.5, 0.6) is 0 Å². The Kier molecular flexibility index (Phi) is 26.8. The molecule has 0 aliphatic carbocycles. The minimum absolute atomic E-state index is 0.0730. The van der Waals surface area contributed by atoms with Gasteiger partial charge in [0.15, 0.2) is 0 Å². The van der Waals surface area contributed by atoms with E-state index in [4.69, 9.17) is 45.3 Å². The van der Waals surface area contributed by atoms with Gasteiger partial charge >= 0.3 is 39.3 Å². The van der Waals surface area contributed by atoms with Gasteiger partial charge in [0.2, 0.25) is 0 Å². The van der Waals surface area contributed by atoms with E-state index in [1.807, 2.05) is 124 Å². The van der Waals surface area contributed by atoms with E-state index in [0.29, 0.717) is 23.1 Å². The molecule has 9 rings (SSSR count). The summed E-state index contributed by atoms with van der Waals surface area (Å²) in [6.45, 7) is 9.48. The molecule has 1 heterocycles. The molecule has 9 nitrogen and oxygen atoms in total. The molecular weight excluding hydrogens is 1130 g/mol. The molecule has 0 unspecified atom stereocenters. The molecule has 0 radical (unpaired) electrons. The number of hydrogen-bond acceptors (Lipinski definition) is 8. The second-order valence-corrected chi connectivity index (χ2v) is 17.2. The summed E-state index contributed by atoms with van der Waals surface area (Å²) >= 11 is 3.11. The van der Waals surface area contributed by atoms with E-state index < -0.39 is 0 Å². The first-order chi connectivity index (χ1) is 35.6. The van der Waals surface area contributed by atoms with E-state index in [-0.39, 0.29) is 41.4 Å². The Morgan fingerprint density at radius 1 is 0.568 bits per heavy atom. The van der Waals surface area contributed by atoms with Crippen LogP contribution in [-0.2, 0) is 49.3 Å². The molecule has 0 saturated carbocycles. The summed E-state index contributed by atoms with van der Waals surface area (Å²) in [7, 11) is 4.76. The summed E-state index contributed by atoms with van der Waals surface area (Å²) in [6, 6.07) is 56.6. The molecule has 0 amide bonds. The van der Waals surface area contributed by atoms with E-state index in [9.17, 15) is 18.0 Å². The molecule has 74 heavy (non-hydrogen) atoms. The van der Waals surface area contributed by atoms with E-state index in [0.717, 1.165) is 79.6 Å². The number of carbonyl (C=O) groups excluding carboxylic acids is 4. The van der Waals surface area contributed by atoms with E-state index in [1.54, 1.807) is 41.0 Å². The van der Waals surface area contributed by atoms with Crippen molar-refractivity contribution >= 4 is 66.9 Å². The van der Waals surface area contributed by atoms with Gasteiger partial charge in [-0.15, -0.1) is 0 Å². The maximum atomic E-state index is 13.9. The zero-order chi connectivity index (χ0) is 54.6. The van der Waals surface area contributed by atoms with E-state index in [1.165, 1.54) is 45.5 Å². The molecule has 0 aliphatic heterocycles. The monoisotopic (exact) mass is 1180 g/mol. The molecule has 4 N–H and O–H groups in total. The molecule has 0 saturated heterocycles. The fourth-order valence-electron chi connectivity index (χ4n) is 7.18. The Bertz CT molecular complexity index is 3200. The Morgan fingerprint density at radius 2 is 0.946 bits per heavy atom. The number of nitrogens with zero attached hydrogens (tertiary/aromatic N) is 2. The number of rotatable bonds is 7. The average Bonchev–Trinajstić information content (AvgIpc) is 3.40. The second-order valence-electron chi connectivity index (χ2n) is 16.0. The Labute approximate surface area is 456 Å². The first-order valence-corrected chi connectivity index (χ1v) is 27.3. The van der Waals surface area contributed by atoms with Crippen LogP contribution in [0.2, 0.25) is 0 Å². The number of hydrogen-bond donors (Lipinski definition) is 2. The van der Waals surface area contributed by atoms with Crippen molar-refractivity contribution in [2.45, 2.75) is 39.7 Å². The summed E-state index contributed by atoms with van der Waals surface area (Å²) in [5, 5.41) is 0.581. The topological polar surface area (TPSA) is 155 Å². The number of nitrogen functional groups attached to an aromatic ring is 2. The third-order valence-electron chi connectivity index (χ3n) is 10.8. The predicted octanol–water partition coefficient (Wildman–Crippen LogP) is 13.1. The number of halogens is 5. The molecule has 0 atom stereocenters. The minimum atomic E-state index is -0.280. The standard InChI is InChI=1S/C29H23FN2O.C14H14FN.C7H6F.C7H8IN.2CO2.ClH.Zn/c1-20-31-27-17-14-22(18-21-12-15-25(30)16-13-21)19-26(27)29(33)32(20)28(23-8-4-2-5-9-23)24-10-6-3-7-11-24;1-10-8-12(4-7-14(10)16)9-11-2-5-13(15)6-3-11;1-6-2-4-7(8)5-3-6;1-5-4-6(8)2-3-7(5)9;2*2-1-3;;/h2-17,19,28H,18H2,1H3;2-8H,9,16H2,1H3;2-5H,1H2;2-4H,9H2,1H3;;;1H;/q;;-1;;;;;+2/p-1. The van der Waals surface area contributed by atoms with Crippen molar-refractivity contribution in [3.05, 3.63) is 282 Å². The third kappa shape index (κ3) is 20.2. The Balaban J connectivity index is 0.000000290. The fraction of sp³-hybridized carbons (Fsp3) is 0.102. The van der Waals surface area contributed by atoms with E-state index >= 15 is 0 Å². The van der Waals surface area contributed by atoms with Crippen LogP contribution in [0.1, 0.15) is 61.9 Å². The first kappa shape index (κ1) is 60.9. The third-order valence-corrected chi connectivity index (χ3v) is 11.4. The van der Waals surface area contributed by atoms with Crippen LogP contribution < -0.4 is 17.0 Å². The van der Waals surface area contributed by atoms with Gasteiger partial charge in [-0.05, 0) is 161 Å². The molecule has 0 aliphatic rings. The van der Waals surface area contributed by atoms with Gasteiger partial charge in [-0.1, -0.05) is 115 Å². The number of aryl methyl sites for hydroxylation is 3. The van der Waals surface area contributed by atoms with Crippen LogP contribution in [0.3, 0.4) is 0 Å². The molecule has 0 bridgehead atoms. The molecule has 1 aromatic heterocycles. The number of anilines is 2. The Hall–Kier alpha value is -7.44. The SMILES string of the molecule is Cc1cc(Cc2ccc(F)cc2)ccc1N.Cc1cc(I)ccc1N.Cc1nc2ccc(Cc3ccc(F)cc3)cc2c(=O)n1C(c1ccccc1)c1ccccc1.O=C=O.O=C=O.[CH2-]c1ccc(F)cc1.[Cl][Zn+]. The van der Waals surface area contributed by atoms with Crippen LogP contribution >= 0.6 is 32.3 Å². The van der Waals surface area contributed by atoms with Gasteiger partial charge in [-0.2, -0.15) is 43.8 Å². The number of nitrogens with two attached hydrogens (primary N) is 2. The van der Waals surface area contributed by atoms with Crippen LogP contribution in [0, 0.1) is 48.7 Å². The molecule has 0 fully saturated rings. The van der Waals surface area contributed by atoms with Crippen LogP contribution in [0.15, 0.2) is 193 Å². The van der Waals surface area contributed by atoms with Crippen LogP contribution in [0.4, 0.5) is 24.5 Å². The number of benzene rings is 8. The molecule has 374 valence electrons.